The summed E-state index contributed by atoms with van der Waals surface area (Å²) in [6, 6.07) is -0.916. The lowest BCUT2D eigenvalue weighted by molar-refractivity contribution is -0.870. The van der Waals surface area contributed by atoms with Gasteiger partial charge in [-0.3, -0.25) is 9.36 Å². The smallest absolute Gasteiger partial charge is 0.268 e. The Morgan fingerprint density at radius 1 is 0.547 bits per heavy atom. The van der Waals surface area contributed by atoms with Gasteiger partial charge in [0.05, 0.1) is 39.9 Å². The van der Waals surface area contributed by atoms with E-state index in [2.05, 4.69) is 67.8 Å². The van der Waals surface area contributed by atoms with Crippen LogP contribution in [0, 0.1) is 0 Å². The van der Waals surface area contributed by atoms with Gasteiger partial charge in [-0.2, -0.15) is 0 Å². The predicted molar refractivity (Wildman–Crippen MR) is 274 cm³/mol. The lowest BCUT2D eigenvalue weighted by Gasteiger charge is -2.29. The number of quaternary nitrogens is 1. The Morgan fingerprint density at radius 2 is 0.922 bits per heavy atom. The topological polar surface area (TPSA) is 108 Å². The van der Waals surface area contributed by atoms with E-state index >= 15 is 0 Å². The number of allylic oxidation sites excluding steroid dienone is 9. The van der Waals surface area contributed by atoms with E-state index in [0.717, 1.165) is 64.2 Å². The molecule has 0 aliphatic rings. The fourth-order valence-electron chi connectivity index (χ4n) is 7.45. The van der Waals surface area contributed by atoms with Crippen LogP contribution in [0.2, 0.25) is 0 Å². The van der Waals surface area contributed by atoms with Gasteiger partial charge in [-0.15, -0.1) is 0 Å². The maximum atomic E-state index is 12.9. The SMILES string of the molecule is CCCCCC/C=C\C/C=C\CCCCCCCCCC(=O)NC(COP(=O)([O-])OCC[N+](C)(C)C)C(O)/C=C/CC/C=C/CC/C=C/CCCCCCCCCCCCCCCC. The molecule has 0 spiro atoms. The number of hydrogen-bond acceptors (Lipinski definition) is 6. The minimum Gasteiger partial charge on any atom is -0.756 e. The normalized spacial score (nSPS) is 14.5. The number of phosphoric ester groups is 1. The molecule has 3 unspecified atom stereocenters. The van der Waals surface area contributed by atoms with Crippen molar-refractivity contribution in [2.24, 2.45) is 0 Å². The third-order valence-electron chi connectivity index (χ3n) is 11.7. The lowest BCUT2D eigenvalue weighted by Crippen LogP contribution is -2.45. The van der Waals surface area contributed by atoms with Crippen molar-refractivity contribution in [3.63, 3.8) is 0 Å². The summed E-state index contributed by atoms with van der Waals surface area (Å²) in [5, 5.41) is 13.8. The van der Waals surface area contributed by atoms with Crippen LogP contribution in [0.4, 0.5) is 0 Å². The molecule has 64 heavy (non-hydrogen) atoms. The molecule has 0 aromatic rings. The number of likely N-dealkylation sites (N-methyl/N-ethyl adjacent to an activating group) is 1. The van der Waals surface area contributed by atoms with E-state index in [-0.39, 0.29) is 12.5 Å². The van der Waals surface area contributed by atoms with Crippen LogP contribution in [0.1, 0.15) is 232 Å². The van der Waals surface area contributed by atoms with Gasteiger partial charge in [0.2, 0.25) is 5.91 Å². The molecular weight excluding hydrogens is 816 g/mol. The summed E-state index contributed by atoms with van der Waals surface area (Å²) >= 11 is 0. The Hall–Kier alpha value is -1.80. The molecule has 0 aliphatic carbocycles. The van der Waals surface area contributed by atoms with Crippen molar-refractivity contribution in [2.45, 2.75) is 244 Å². The predicted octanol–water partition coefficient (Wildman–Crippen LogP) is 15.1. The Kier molecular flexibility index (Phi) is 45.0. The van der Waals surface area contributed by atoms with Crippen molar-refractivity contribution in [1.29, 1.82) is 0 Å². The second-order valence-electron chi connectivity index (χ2n) is 19.2. The van der Waals surface area contributed by atoms with Crippen LogP contribution < -0.4 is 10.2 Å². The van der Waals surface area contributed by atoms with E-state index in [1.807, 2.05) is 27.2 Å². The molecule has 0 aromatic heterocycles. The average molecular weight is 919 g/mol. The number of unbranched alkanes of at least 4 members (excludes halogenated alkanes) is 27. The van der Waals surface area contributed by atoms with Gasteiger partial charge in [0.1, 0.15) is 13.2 Å². The number of aliphatic hydroxyl groups is 1. The molecule has 1 amide bonds. The summed E-state index contributed by atoms with van der Waals surface area (Å²) in [4.78, 5) is 25.4. The van der Waals surface area contributed by atoms with Gasteiger partial charge < -0.3 is 28.8 Å². The Balaban J connectivity index is 4.38. The summed E-state index contributed by atoms with van der Waals surface area (Å²) in [7, 11) is 1.23. The Labute approximate surface area is 396 Å². The summed E-state index contributed by atoms with van der Waals surface area (Å²) in [6.07, 6.45) is 61.4. The van der Waals surface area contributed by atoms with Crippen molar-refractivity contribution < 1.29 is 32.9 Å². The van der Waals surface area contributed by atoms with Crippen LogP contribution in [-0.4, -0.2) is 68.5 Å². The van der Waals surface area contributed by atoms with Gasteiger partial charge in [0, 0.05) is 6.42 Å². The van der Waals surface area contributed by atoms with Crippen molar-refractivity contribution >= 4 is 13.7 Å². The highest BCUT2D eigenvalue weighted by Crippen LogP contribution is 2.38. The molecule has 0 aliphatic heterocycles. The monoisotopic (exact) mass is 919 g/mol. The molecule has 0 bridgehead atoms. The molecule has 0 aromatic carbocycles. The average Bonchev–Trinajstić information content (AvgIpc) is 3.25. The first kappa shape index (κ1) is 62.2. The minimum atomic E-state index is -4.61. The highest BCUT2D eigenvalue weighted by Gasteiger charge is 2.23. The van der Waals surface area contributed by atoms with Crippen LogP contribution in [0.5, 0.6) is 0 Å². The van der Waals surface area contributed by atoms with Gasteiger partial charge >= 0.3 is 0 Å². The molecule has 9 heteroatoms. The van der Waals surface area contributed by atoms with Crippen molar-refractivity contribution in [3.8, 4) is 0 Å². The fraction of sp³-hybridized carbons (Fsp3) is 0.800. The van der Waals surface area contributed by atoms with Crippen LogP contribution in [-0.2, 0) is 18.4 Å². The summed E-state index contributed by atoms with van der Waals surface area (Å²) in [5.74, 6) is -0.220. The fourth-order valence-corrected chi connectivity index (χ4v) is 8.17. The number of carbonyl (C=O) groups is 1. The maximum Gasteiger partial charge on any atom is 0.268 e. The van der Waals surface area contributed by atoms with Gasteiger partial charge in [0.15, 0.2) is 0 Å². The first-order chi connectivity index (χ1) is 31.0. The molecule has 2 N–H and O–H groups in total. The van der Waals surface area contributed by atoms with E-state index in [4.69, 9.17) is 9.05 Å². The number of rotatable bonds is 48. The van der Waals surface area contributed by atoms with Crippen molar-refractivity contribution in [1.82, 2.24) is 5.32 Å². The first-order valence-electron chi connectivity index (χ1n) is 26.7. The Bertz CT molecular complexity index is 1230. The molecule has 0 rings (SSSR count). The summed E-state index contributed by atoms with van der Waals surface area (Å²) in [5.41, 5.74) is 0. The van der Waals surface area contributed by atoms with Crippen molar-refractivity contribution in [2.75, 3.05) is 40.9 Å². The van der Waals surface area contributed by atoms with E-state index in [0.29, 0.717) is 17.4 Å². The first-order valence-corrected chi connectivity index (χ1v) is 28.1. The maximum absolute atomic E-state index is 12.9. The third-order valence-corrected chi connectivity index (χ3v) is 12.6. The zero-order valence-corrected chi connectivity index (χ0v) is 43.4. The number of nitrogens with zero attached hydrogens (tertiary/aromatic N) is 1. The molecule has 3 atom stereocenters. The Morgan fingerprint density at radius 3 is 1.38 bits per heavy atom. The highest BCUT2D eigenvalue weighted by molar-refractivity contribution is 7.45. The number of carbonyl (C=O) groups excluding carboxylic acids is 1. The van der Waals surface area contributed by atoms with Crippen LogP contribution >= 0.6 is 7.82 Å². The van der Waals surface area contributed by atoms with Crippen LogP contribution in [0.15, 0.2) is 60.8 Å². The van der Waals surface area contributed by atoms with Crippen LogP contribution in [0.3, 0.4) is 0 Å². The molecule has 0 saturated heterocycles. The number of aliphatic hydroxyl groups excluding tert-OH is 1. The quantitative estimate of drug-likeness (QED) is 0.0272. The largest absolute Gasteiger partial charge is 0.756 e. The van der Waals surface area contributed by atoms with Gasteiger partial charge in [-0.25, -0.2) is 0 Å². The van der Waals surface area contributed by atoms with E-state index in [1.54, 1.807) is 6.08 Å². The molecular formula is C55H103N2O6P. The molecule has 0 radical (unpaired) electrons. The highest BCUT2D eigenvalue weighted by atomic mass is 31.2. The number of amides is 1. The lowest BCUT2D eigenvalue weighted by atomic mass is 10.0. The van der Waals surface area contributed by atoms with Gasteiger partial charge in [-0.05, 0) is 77.0 Å². The number of phosphoric acid groups is 1. The van der Waals surface area contributed by atoms with E-state index < -0.39 is 26.6 Å². The number of hydrogen-bond donors (Lipinski definition) is 2. The standard InChI is InChI=1S/C55H103N2O6P/c1-6-8-10-12-14-16-18-20-22-24-26-27-28-29-30-31-32-34-36-38-40-42-44-46-48-54(58)53(52-63-64(60,61)62-51-50-57(3,4)5)56-55(59)49-47-45-43-41-39-37-35-33-25-23-21-19-17-15-13-11-9-7-2/h17,19,23,25,31-32,38,40,46,48,53-54,58H,6-16,18,20-22,24,26-30,33-37,39,41-45,47,49-52H2,1-5H3,(H-,56,59,60,61)/b19-17-,25-23-,32-31+,40-38+,48-46+. The second-order valence-corrected chi connectivity index (χ2v) is 20.6. The zero-order valence-electron chi connectivity index (χ0n) is 42.5. The zero-order chi connectivity index (χ0) is 47.1. The summed E-state index contributed by atoms with van der Waals surface area (Å²) in [6.45, 7) is 4.60. The second kappa shape index (κ2) is 46.3. The number of nitrogens with one attached hydrogen (secondary N) is 1. The van der Waals surface area contributed by atoms with Crippen molar-refractivity contribution in [3.05, 3.63) is 60.8 Å². The molecule has 8 nitrogen and oxygen atoms in total. The minimum absolute atomic E-state index is 0.0126. The van der Waals surface area contributed by atoms with E-state index in [1.165, 1.54) is 148 Å². The summed E-state index contributed by atoms with van der Waals surface area (Å²) < 4.78 is 23.3. The van der Waals surface area contributed by atoms with E-state index in [9.17, 15) is 19.4 Å². The molecule has 0 saturated carbocycles. The molecule has 374 valence electrons. The molecule has 0 heterocycles. The molecule has 0 fully saturated rings. The van der Waals surface area contributed by atoms with Gasteiger partial charge in [-0.1, -0.05) is 209 Å². The van der Waals surface area contributed by atoms with Crippen LogP contribution in [0.25, 0.3) is 0 Å². The van der Waals surface area contributed by atoms with Gasteiger partial charge in [0.25, 0.3) is 7.82 Å². The third kappa shape index (κ3) is 48.1.